The molecule has 0 bridgehead atoms. The van der Waals surface area contributed by atoms with Crippen LogP contribution in [0.2, 0.25) is 0 Å². The molecule has 1 atom stereocenters. The van der Waals surface area contributed by atoms with Crippen LogP contribution in [0, 0.1) is 5.82 Å². The third-order valence-corrected chi connectivity index (χ3v) is 5.30. The van der Waals surface area contributed by atoms with Gasteiger partial charge in [-0.3, -0.25) is 4.90 Å². The second-order valence-corrected chi connectivity index (χ2v) is 7.32. The number of benzene rings is 1. The van der Waals surface area contributed by atoms with Crippen molar-refractivity contribution in [3.05, 3.63) is 72.1 Å². The van der Waals surface area contributed by atoms with Crippen molar-refractivity contribution in [2.24, 2.45) is 7.05 Å². The number of hydrogen-bond acceptors (Lipinski definition) is 4. The quantitative estimate of drug-likeness (QED) is 0.659. The van der Waals surface area contributed by atoms with E-state index >= 15 is 0 Å². The van der Waals surface area contributed by atoms with E-state index in [-0.39, 0.29) is 5.82 Å². The average molecular weight is 380 g/mol. The third-order valence-electron chi connectivity index (χ3n) is 5.30. The van der Waals surface area contributed by atoms with E-state index in [1.54, 1.807) is 24.7 Å². The van der Waals surface area contributed by atoms with E-state index in [1.165, 1.54) is 12.1 Å². The molecule has 0 aliphatic carbocycles. The fourth-order valence-electron chi connectivity index (χ4n) is 3.76. The first-order chi connectivity index (χ1) is 13.7. The standard InChI is InChI=1S/C21H25FN6/c1-26-20(15-28-13-10-23-16-28)24-25-21(26)18-5-3-12-27(14-18)11-2-4-17-6-8-19(22)9-7-17/h2,4,6-10,13,16,18H,3,5,11-12,14-15H2,1H3/b4-2+. The van der Waals surface area contributed by atoms with Gasteiger partial charge in [-0.15, -0.1) is 10.2 Å². The molecule has 1 aromatic carbocycles. The fourth-order valence-corrected chi connectivity index (χ4v) is 3.76. The maximum absolute atomic E-state index is 13.0. The smallest absolute Gasteiger partial charge is 0.152 e. The van der Waals surface area contributed by atoms with Crippen molar-refractivity contribution >= 4 is 6.08 Å². The van der Waals surface area contributed by atoms with E-state index in [0.717, 1.165) is 49.7 Å². The summed E-state index contributed by atoms with van der Waals surface area (Å²) in [6.07, 6.45) is 12.0. The van der Waals surface area contributed by atoms with Crippen molar-refractivity contribution < 1.29 is 4.39 Å². The van der Waals surface area contributed by atoms with Crippen LogP contribution in [0.15, 0.2) is 49.1 Å². The van der Waals surface area contributed by atoms with Gasteiger partial charge in [-0.1, -0.05) is 24.3 Å². The lowest BCUT2D eigenvalue weighted by molar-refractivity contribution is 0.222. The summed E-state index contributed by atoms with van der Waals surface area (Å²) in [6, 6.07) is 6.58. The Morgan fingerprint density at radius 1 is 1.21 bits per heavy atom. The zero-order valence-electron chi connectivity index (χ0n) is 16.1. The van der Waals surface area contributed by atoms with E-state index in [9.17, 15) is 4.39 Å². The van der Waals surface area contributed by atoms with Crippen LogP contribution in [0.25, 0.3) is 6.08 Å². The average Bonchev–Trinajstić information content (AvgIpc) is 3.34. The fraction of sp³-hybridized carbons (Fsp3) is 0.381. The summed E-state index contributed by atoms with van der Waals surface area (Å²) in [6.45, 7) is 3.63. The highest BCUT2D eigenvalue weighted by atomic mass is 19.1. The Morgan fingerprint density at radius 3 is 2.86 bits per heavy atom. The molecule has 1 unspecified atom stereocenters. The zero-order chi connectivity index (χ0) is 19.3. The van der Waals surface area contributed by atoms with Crippen molar-refractivity contribution in [2.45, 2.75) is 25.3 Å². The molecule has 4 rings (SSSR count). The molecule has 0 radical (unpaired) electrons. The molecule has 2 aromatic heterocycles. The Morgan fingerprint density at radius 2 is 2.07 bits per heavy atom. The van der Waals surface area contributed by atoms with Gasteiger partial charge in [0.15, 0.2) is 5.82 Å². The van der Waals surface area contributed by atoms with E-state index < -0.39 is 0 Å². The van der Waals surface area contributed by atoms with Gasteiger partial charge in [0.1, 0.15) is 11.6 Å². The van der Waals surface area contributed by atoms with Crippen LogP contribution in [0.3, 0.4) is 0 Å². The van der Waals surface area contributed by atoms with Crippen LogP contribution in [0.1, 0.15) is 36.0 Å². The Balaban J connectivity index is 1.37. The monoisotopic (exact) mass is 380 g/mol. The molecule has 3 aromatic rings. The Hall–Kier alpha value is -2.80. The van der Waals surface area contributed by atoms with Crippen molar-refractivity contribution in [3.8, 4) is 0 Å². The highest BCUT2D eigenvalue weighted by Gasteiger charge is 2.25. The highest BCUT2D eigenvalue weighted by Crippen LogP contribution is 2.25. The number of likely N-dealkylation sites (tertiary alicyclic amines) is 1. The number of nitrogens with zero attached hydrogens (tertiary/aromatic N) is 6. The predicted octanol–water partition coefficient (Wildman–Crippen LogP) is 3.09. The summed E-state index contributed by atoms with van der Waals surface area (Å²) in [5.74, 6) is 2.19. The molecule has 0 saturated carbocycles. The number of hydrogen-bond donors (Lipinski definition) is 0. The molecule has 1 aliphatic rings. The predicted molar refractivity (Wildman–Crippen MR) is 106 cm³/mol. The Labute approximate surface area is 164 Å². The summed E-state index contributed by atoms with van der Waals surface area (Å²) in [7, 11) is 2.05. The maximum atomic E-state index is 13.0. The lowest BCUT2D eigenvalue weighted by Crippen LogP contribution is -2.35. The maximum Gasteiger partial charge on any atom is 0.152 e. The molecule has 1 saturated heterocycles. The first kappa shape index (κ1) is 18.6. The van der Waals surface area contributed by atoms with E-state index in [0.29, 0.717) is 12.5 Å². The second-order valence-electron chi connectivity index (χ2n) is 7.32. The SMILES string of the molecule is Cn1c(Cn2ccnc2)nnc1C1CCCN(C/C=C/c2ccc(F)cc2)C1. The van der Waals surface area contributed by atoms with Crippen molar-refractivity contribution in [3.63, 3.8) is 0 Å². The summed E-state index contributed by atoms with van der Waals surface area (Å²) in [5.41, 5.74) is 1.02. The summed E-state index contributed by atoms with van der Waals surface area (Å²) in [4.78, 5) is 6.53. The minimum atomic E-state index is -0.202. The number of imidazole rings is 1. The van der Waals surface area contributed by atoms with Crippen LogP contribution >= 0.6 is 0 Å². The molecular formula is C21H25FN6. The van der Waals surface area contributed by atoms with Crippen LogP contribution in [-0.2, 0) is 13.6 Å². The van der Waals surface area contributed by atoms with Gasteiger partial charge < -0.3 is 9.13 Å². The summed E-state index contributed by atoms with van der Waals surface area (Å²) < 4.78 is 17.1. The van der Waals surface area contributed by atoms with E-state index in [2.05, 4.69) is 43.8 Å². The van der Waals surface area contributed by atoms with Crippen LogP contribution in [-0.4, -0.2) is 48.8 Å². The molecule has 7 heteroatoms. The molecular weight excluding hydrogens is 355 g/mol. The molecule has 28 heavy (non-hydrogen) atoms. The molecule has 146 valence electrons. The third kappa shape index (κ3) is 4.36. The number of halogens is 1. The van der Waals surface area contributed by atoms with Gasteiger partial charge in [0, 0.05) is 38.4 Å². The van der Waals surface area contributed by atoms with Gasteiger partial charge in [0.2, 0.25) is 0 Å². The van der Waals surface area contributed by atoms with Crippen molar-refractivity contribution in [1.29, 1.82) is 0 Å². The Kier molecular flexibility index (Phi) is 5.62. The molecule has 0 N–H and O–H groups in total. The van der Waals surface area contributed by atoms with Gasteiger partial charge in [-0.25, -0.2) is 9.37 Å². The second kappa shape index (κ2) is 8.48. The van der Waals surface area contributed by atoms with E-state index in [4.69, 9.17) is 0 Å². The minimum Gasteiger partial charge on any atom is -0.330 e. The zero-order valence-corrected chi connectivity index (χ0v) is 16.1. The van der Waals surface area contributed by atoms with Crippen LogP contribution in [0.4, 0.5) is 4.39 Å². The molecule has 3 heterocycles. The first-order valence-corrected chi connectivity index (χ1v) is 9.67. The minimum absolute atomic E-state index is 0.202. The van der Waals surface area contributed by atoms with Crippen LogP contribution < -0.4 is 0 Å². The molecule has 0 amide bonds. The molecule has 1 fully saturated rings. The normalized spacial score (nSPS) is 18.1. The van der Waals surface area contributed by atoms with Gasteiger partial charge in [-0.2, -0.15) is 0 Å². The Bertz CT molecular complexity index is 913. The summed E-state index contributed by atoms with van der Waals surface area (Å²) in [5, 5.41) is 8.89. The largest absolute Gasteiger partial charge is 0.330 e. The number of aromatic nitrogens is 5. The lowest BCUT2D eigenvalue weighted by Gasteiger charge is -2.31. The van der Waals surface area contributed by atoms with Gasteiger partial charge >= 0.3 is 0 Å². The lowest BCUT2D eigenvalue weighted by atomic mass is 9.97. The van der Waals surface area contributed by atoms with Crippen molar-refractivity contribution in [1.82, 2.24) is 29.2 Å². The van der Waals surface area contributed by atoms with Crippen molar-refractivity contribution in [2.75, 3.05) is 19.6 Å². The molecule has 1 aliphatic heterocycles. The van der Waals surface area contributed by atoms with Gasteiger partial charge in [0.05, 0.1) is 12.9 Å². The highest BCUT2D eigenvalue weighted by molar-refractivity contribution is 5.48. The van der Waals surface area contributed by atoms with E-state index in [1.807, 2.05) is 10.8 Å². The van der Waals surface area contributed by atoms with Gasteiger partial charge in [-0.05, 0) is 37.1 Å². The number of rotatable bonds is 6. The molecule has 0 spiro atoms. The first-order valence-electron chi connectivity index (χ1n) is 9.67. The molecule has 6 nitrogen and oxygen atoms in total. The number of piperidine rings is 1. The topological polar surface area (TPSA) is 51.8 Å². The summed E-state index contributed by atoms with van der Waals surface area (Å²) >= 11 is 0. The van der Waals surface area contributed by atoms with Crippen LogP contribution in [0.5, 0.6) is 0 Å². The van der Waals surface area contributed by atoms with Gasteiger partial charge in [0.25, 0.3) is 0 Å².